The molecule has 2 bridgehead atoms. The van der Waals surface area contributed by atoms with Crippen LogP contribution in [0, 0.1) is 11.8 Å². The molecular weight excluding hydrogens is 286 g/mol. The zero-order valence-corrected chi connectivity index (χ0v) is 14.0. The van der Waals surface area contributed by atoms with Gasteiger partial charge >= 0.3 is 0 Å². The van der Waals surface area contributed by atoms with Crippen molar-refractivity contribution >= 4 is 0 Å². The van der Waals surface area contributed by atoms with Gasteiger partial charge in [0.05, 0.1) is 0 Å². The molecular formula is C20H27NO2. The van der Waals surface area contributed by atoms with Crippen LogP contribution in [0.4, 0.5) is 0 Å². The molecule has 2 saturated carbocycles. The van der Waals surface area contributed by atoms with Crippen molar-refractivity contribution in [3.05, 3.63) is 41.8 Å². The lowest BCUT2D eigenvalue weighted by atomic mass is 9.62. The van der Waals surface area contributed by atoms with Crippen molar-refractivity contribution < 1.29 is 9.47 Å². The van der Waals surface area contributed by atoms with Crippen molar-refractivity contribution in [3.63, 3.8) is 0 Å². The SMILES string of the molecule is CC1=CN[C@H](COc2ccc(C3C4CCCC3CCC4)cc2)O1. The minimum atomic E-state index is -0.0626. The maximum atomic E-state index is 5.85. The standard InChI is InChI=1S/C20H27NO2/c1-14-12-21-19(23-14)13-22-18-10-8-17(9-11-18)20-15-4-2-5-16(20)7-3-6-15/h8-12,15-16,19-21H,2-7,13H2,1H3/t15?,16?,19-,20?/m0/s1. The number of hydrogen-bond donors (Lipinski definition) is 1. The molecule has 3 aliphatic rings. The number of allylic oxidation sites excluding steroid dienone is 1. The second-order valence-corrected chi connectivity index (χ2v) is 7.32. The lowest BCUT2D eigenvalue weighted by Gasteiger charge is -2.43. The van der Waals surface area contributed by atoms with Crippen molar-refractivity contribution in [2.24, 2.45) is 11.8 Å². The van der Waals surface area contributed by atoms with Gasteiger partial charge in [0.15, 0.2) is 0 Å². The number of fused-ring (bicyclic) bond motifs is 2. The highest BCUT2D eigenvalue weighted by molar-refractivity contribution is 5.31. The van der Waals surface area contributed by atoms with Crippen molar-refractivity contribution in [1.82, 2.24) is 5.32 Å². The summed E-state index contributed by atoms with van der Waals surface area (Å²) in [6.07, 6.45) is 10.4. The molecule has 2 aliphatic carbocycles. The fourth-order valence-electron chi connectivity index (χ4n) is 4.76. The Labute approximate surface area is 139 Å². The van der Waals surface area contributed by atoms with Gasteiger partial charge in [-0.25, -0.2) is 0 Å². The minimum Gasteiger partial charge on any atom is -0.488 e. The average Bonchev–Trinajstić information content (AvgIpc) is 2.98. The summed E-state index contributed by atoms with van der Waals surface area (Å²) in [7, 11) is 0. The van der Waals surface area contributed by atoms with Crippen LogP contribution in [0.1, 0.15) is 56.9 Å². The molecule has 1 N–H and O–H groups in total. The van der Waals surface area contributed by atoms with Gasteiger partial charge in [-0.2, -0.15) is 0 Å². The second-order valence-electron chi connectivity index (χ2n) is 7.32. The molecule has 0 spiro atoms. The fraction of sp³-hybridized carbons (Fsp3) is 0.600. The molecule has 1 atom stereocenters. The quantitative estimate of drug-likeness (QED) is 0.884. The van der Waals surface area contributed by atoms with E-state index in [2.05, 4.69) is 29.6 Å². The smallest absolute Gasteiger partial charge is 0.203 e. The third kappa shape index (κ3) is 3.19. The van der Waals surface area contributed by atoms with Crippen LogP contribution in [0.5, 0.6) is 5.75 Å². The van der Waals surface area contributed by atoms with E-state index >= 15 is 0 Å². The van der Waals surface area contributed by atoms with E-state index in [1.165, 1.54) is 44.1 Å². The van der Waals surface area contributed by atoms with Gasteiger partial charge in [0.2, 0.25) is 6.23 Å². The summed E-state index contributed by atoms with van der Waals surface area (Å²) in [5.74, 6) is 4.47. The van der Waals surface area contributed by atoms with E-state index in [1.807, 2.05) is 13.1 Å². The van der Waals surface area contributed by atoms with Crippen molar-refractivity contribution in [2.75, 3.05) is 6.61 Å². The Hall–Kier alpha value is -1.64. The summed E-state index contributed by atoms with van der Waals surface area (Å²) in [6.45, 7) is 2.48. The topological polar surface area (TPSA) is 30.5 Å². The van der Waals surface area contributed by atoms with Crippen LogP contribution in [0.3, 0.4) is 0 Å². The van der Waals surface area contributed by atoms with Gasteiger partial charge in [0, 0.05) is 6.20 Å². The Kier molecular flexibility index (Phi) is 4.19. The maximum Gasteiger partial charge on any atom is 0.203 e. The highest BCUT2D eigenvalue weighted by atomic mass is 16.5. The van der Waals surface area contributed by atoms with E-state index in [0.29, 0.717) is 6.61 Å². The van der Waals surface area contributed by atoms with Crippen LogP contribution < -0.4 is 10.1 Å². The zero-order chi connectivity index (χ0) is 15.6. The zero-order valence-electron chi connectivity index (χ0n) is 14.0. The molecule has 124 valence electrons. The van der Waals surface area contributed by atoms with Crippen LogP contribution in [0.25, 0.3) is 0 Å². The summed E-state index contributed by atoms with van der Waals surface area (Å²) in [5, 5.41) is 3.16. The van der Waals surface area contributed by atoms with Gasteiger partial charge in [0.25, 0.3) is 0 Å². The van der Waals surface area contributed by atoms with Crippen LogP contribution >= 0.6 is 0 Å². The predicted octanol–water partition coefficient (Wildman–Crippen LogP) is 4.56. The second kappa shape index (κ2) is 6.46. The molecule has 0 amide bonds. The summed E-state index contributed by atoms with van der Waals surface area (Å²) in [4.78, 5) is 0. The third-order valence-corrected chi connectivity index (χ3v) is 5.78. The molecule has 1 aromatic rings. The highest BCUT2D eigenvalue weighted by Crippen LogP contribution is 2.49. The lowest BCUT2D eigenvalue weighted by molar-refractivity contribution is 0.0771. The van der Waals surface area contributed by atoms with Gasteiger partial charge in [-0.1, -0.05) is 25.0 Å². The Morgan fingerprint density at radius 2 is 1.70 bits per heavy atom. The minimum absolute atomic E-state index is 0.0626. The van der Waals surface area contributed by atoms with Gasteiger partial charge < -0.3 is 14.8 Å². The number of hydrogen-bond acceptors (Lipinski definition) is 3. The van der Waals surface area contributed by atoms with Crippen LogP contribution in [-0.4, -0.2) is 12.8 Å². The van der Waals surface area contributed by atoms with Crippen LogP contribution in [0.15, 0.2) is 36.2 Å². The molecule has 3 nitrogen and oxygen atoms in total. The molecule has 0 aromatic heterocycles. The van der Waals surface area contributed by atoms with E-state index in [9.17, 15) is 0 Å². The first kappa shape index (κ1) is 14.9. The maximum absolute atomic E-state index is 5.85. The molecule has 1 aromatic carbocycles. The van der Waals surface area contributed by atoms with Gasteiger partial charge in [-0.3, -0.25) is 0 Å². The van der Waals surface area contributed by atoms with E-state index < -0.39 is 0 Å². The Morgan fingerprint density at radius 3 is 2.26 bits per heavy atom. The first-order chi connectivity index (χ1) is 11.3. The third-order valence-electron chi connectivity index (χ3n) is 5.78. The molecule has 23 heavy (non-hydrogen) atoms. The van der Waals surface area contributed by atoms with Crippen molar-refractivity contribution in [2.45, 2.75) is 57.6 Å². The summed E-state index contributed by atoms with van der Waals surface area (Å²) in [6, 6.07) is 8.86. The molecule has 1 heterocycles. The van der Waals surface area contributed by atoms with Crippen LogP contribution in [-0.2, 0) is 4.74 Å². The van der Waals surface area contributed by atoms with Gasteiger partial charge in [0.1, 0.15) is 18.1 Å². The summed E-state index contributed by atoms with van der Waals surface area (Å²) >= 11 is 0. The average molecular weight is 313 g/mol. The number of ether oxygens (including phenoxy) is 2. The van der Waals surface area contributed by atoms with E-state index in [4.69, 9.17) is 9.47 Å². The Morgan fingerprint density at radius 1 is 1.04 bits per heavy atom. The van der Waals surface area contributed by atoms with E-state index in [0.717, 1.165) is 29.3 Å². The fourth-order valence-corrected chi connectivity index (χ4v) is 4.76. The van der Waals surface area contributed by atoms with Crippen LogP contribution in [0.2, 0.25) is 0 Å². The summed E-state index contributed by atoms with van der Waals surface area (Å²) < 4.78 is 11.4. The number of benzene rings is 1. The molecule has 1 aliphatic heterocycles. The molecule has 2 fully saturated rings. The van der Waals surface area contributed by atoms with Crippen molar-refractivity contribution in [3.8, 4) is 5.75 Å². The van der Waals surface area contributed by atoms with Gasteiger partial charge in [-0.15, -0.1) is 0 Å². The lowest BCUT2D eigenvalue weighted by Crippen LogP contribution is -2.30. The van der Waals surface area contributed by atoms with E-state index in [1.54, 1.807) is 0 Å². The van der Waals surface area contributed by atoms with E-state index in [-0.39, 0.29) is 6.23 Å². The normalized spacial score (nSPS) is 32.7. The molecule has 4 rings (SSSR count). The predicted molar refractivity (Wildman–Crippen MR) is 91.1 cm³/mol. The monoisotopic (exact) mass is 313 g/mol. The highest BCUT2D eigenvalue weighted by Gasteiger charge is 2.36. The molecule has 0 unspecified atom stereocenters. The van der Waals surface area contributed by atoms with Crippen molar-refractivity contribution in [1.29, 1.82) is 0 Å². The first-order valence-corrected chi connectivity index (χ1v) is 9.12. The largest absolute Gasteiger partial charge is 0.488 e. The Bertz CT molecular complexity index is 544. The first-order valence-electron chi connectivity index (χ1n) is 9.12. The number of nitrogens with one attached hydrogen (secondary N) is 1. The molecule has 3 heteroatoms. The molecule has 0 radical (unpaired) electrons. The summed E-state index contributed by atoms with van der Waals surface area (Å²) in [5.41, 5.74) is 1.53. The Balaban J connectivity index is 1.38. The number of rotatable bonds is 4. The molecule has 0 saturated heterocycles. The van der Waals surface area contributed by atoms with Gasteiger partial charge in [-0.05, 0) is 68.1 Å².